The summed E-state index contributed by atoms with van der Waals surface area (Å²) in [7, 11) is 0. The molecule has 2 aliphatic rings. The summed E-state index contributed by atoms with van der Waals surface area (Å²) >= 11 is 0.602. The van der Waals surface area contributed by atoms with Crippen molar-refractivity contribution in [1.29, 1.82) is 0 Å². The number of amides is 1. The lowest BCUT2D eigenvalue weighted by molar-refractivity contribution is -0.144. The molecule has 1 aliphatic carbocycles. The summed E-state index contributed by atoms with van der Waals surface area (Å²) in [5, 5.41) is 8.08. The molecule has 29 heavy (non-hydrogen) atoms. The van der Waals surface area contributed by atoms with Crippen LogP contribution in [0.4, 0.5) is 17.6 Å². The highest BCUT2D eigenvalue weighted by atomic mass is 32.1. The average Bonchev–Trinajstić information content (AvgIpc) is 3.30. The lowest BCUT2D eigenvalue weighted by Crippen LogP contribution is -2.42. The van der Waals surface area contributed by atoms with Gasteiger partial charge in [0.25, 0.3) is 0 Å². The molecule has 12 heteroatoms. The average molecular weight is 428 g/mol. The fraction of sp³-hybridized carbons (Fsp3) is 0.471. The zero-order valence-corrected chi connectivity index (χ0v) is 16.3. The van der Waals surface area contributed by atoms with Crippen LogP contribution in [0.5, 0.6) is 0 Å². The Morgan fingerprint density at radius 1 is 1.21 bits per heavy atom. The van der Waals surface area contributed by atoms with Crippen LogP contribution >= 0.6 is 11.5 Å². The minimum atomic E-state index is -4.63. The van der Waals surface area contributed by atoms with E-state index < -0.39 is 18.0 Å². The number of carbonyl (C=O) groups is 1. The third-order valence-corrected chi connectivity index (χ3v) is 5.74. The van der Waals surface area contributed by atoms with Gasteiger partial charge in [-0.2, -0.15) is 17.5 Å². The summed E-state index contributed by atoms with van der Waals surface area (Å²) in [6.07, 6.45) is -1.51. The van der Waals surface area contributed by atoms with E-state index in [0.717, 1.165) is 0 Å². The lowest BCUT2D eigenvalue weighted by Gasteiger charge is -2.34. The van der Waals surface area contributed by atoms with Gasteiger partial charge in [-0.05, 0) is 31.0 Å². The standard InChI is InChI=1S/C17H16F4N6OS/c1-8-7-10(3-4-11(8)18)15(28)26-5-6-27-12(9(26)2)23-24-13(27)14-22-16(25-29-14)17(19,20)21/h3-4,8-9H,5-7H2,1-2H3/t8?,9-/m1/s1. The maximum absolute atomic E-state index is 13.6. The molecule has 154 valence electrons. The van der Waals surface area contributed by atoms with Crippen LogP contribution in [0.3, 0.4) is 0 Å². The van der Waals surface area contributed by atoms with Crippen LogP contribution < -0.4 is 0 Å². The summed E-state index contributed by atoms with van der Waals surface area (Å²) in [6, 6.07) is -0.445. The number of alkyl halides is 3. The largest absolute Gasteiger partial charge is 0.452 e. The van der Waals surface area contributed by atoms with Crippen LogP contribution in [0.2, 0.25) is 0 Å². The van der Waals surface area contributed by atoms with E-state index in [9.17, 15) is 22.4 Å². The van der Waals surface area contributed by atoms with Gasteiger partial charge in [-0.3, -0.25) is 4.79 Å². The number of nitrogens with zero attached hydrogens (tertiary/aromatic N) is 6. The van der Waals surface area contributed by atoms with Crippen LogP contribution in [-0.4, -0.2) is 41.5 Å². The normalized spacial score (nSPS) is 22.2. The summed E-state index contributed by atoms with van der Waals surface area (Å²) in [5.41, 5.74) is 0.512. The zero-order chi connectivity index (χ0) is 20.9. The number of fused-ring (bicyclic) bond motifs is 1. The van der Waals surface area contributed by atoms with Crippen molar-refractivity contribution in [3.8, 4) is 10.8 Å². The minimum Gasteiger partial charge on any atom is -0.327 e. The molecule has 0 radical (unpaired) electrons. The quantitative estimate of drug-likeness (QED) is 0.684. The number of carbonyl (C=O) groups excluding carboxylic acids is 1. The molecule has 4 rings (SSSR count). The molecule has 3 heterocycles. The maximum Gasteiger partial charge on any atom is 0.452 e. The molecule has 0 bridgehead atoms. The number of aromatic nitrogens is 5. The third-order valence-electron chi connectivity index (χ3n) is 5.03. The van der Waals surface area contributed by atoms with Gasteiger partial charge in [0.1, 0.15) is 5.83 Å². The van der Waals surface area contributed by atoms with Gasteiger partial charge >= 0.3 is 6.18 Å². The van der Waals surface area contributed by atoms with Gasteiger partial charge in [-0.1, -0.05) is 13.0 Å². The summed E-state index contributed by atoms with van der Waals surface area (Å²) in [4.78, 5) is 18.1. The topological polar surface area (TPSA) is 76.8 Å². The molecule has 0 saturated heterocycles. The highest BCUT2D eigenvalue weighted by Gasteiger charge is 2.38. The fourth-order valence-electron chi connectivity index (χ4n) is 3.43. The van der Waals surface area contributed by atoms with Crippen molar-refractivity contribution in [2.45, 2.75) is 39.0 Å². The van der Waals surface area contributed by atoms with Crippen molar-refractivity contribution in [3.63, 3.8) is 0 Å². The Bertz CT molecular complexity index is 1020. The van der Waals surface area contributed by atoms with Gasteiger partial charge in [-0.15, -0.1) is 10.2 Å². The highest BCUT2D eigenvalue weighted by Crippen LogP contribution is 2.34. The number of halogens is 4. The van der Waals surface area contributed by atoms with Gasteiger partial charge in [-0.25, -0.2) is 9.37 Å². The first-order valence-electron chi connectivity index (χ1n) is 8.88. The Morgan fingerprint density at radius 3 is 2.62 bits per heavy atom. The number of hydrogen-bond donors (Lipinski definition) is 0. The zero-order valence-electron chi connectivity index (χ0n) is 15.4. The second-order valence-electron chi connectivity index (χ2n) is 6.98. The molecule has 1 unspecified atom stereocenters. The molecule has 1 aliphatic heterocycles. The van der Waals surface area contributed by atoms with Crippen molar-refractivity contribution in [3.05, 3.63) is 35.2 Å². The van der Waals surface area contributed by atoms with Gasteiger partial charge in [0.05, 0.1) is 6.04 Å². The second kappa shape index (κ2) is 7.01. The molecule has 0 saturated carbocycles. The van der Waals surface area contributed by atoms with Crippen molar-refractivity contribution in [2.75, 3.05) is 6.54 Å². The maximum atomic E-state index is 13.6. The van der Waals surface area contributed by atoms with E-state index in [4.69, 9.17) is 0 Å². The van der Waals surface area contributed by atoms with E-state index >= 15 is 0 Å². The number of allylic oxidation sites excluding steroid dienone is 3. The summed E-state index contributed by atoms with van der Waals surface area (Å²) in [5.74, 6) is -1.38. The van der Waals surface area contributed by atoms with Crippen molar-refractivity contribution in [1.82, 2.24) is 29.0 Å². The summed E-state index contributed by atoms with van der Waals surface area (Å²) in [6.45, 7) is 4.11. The summed E-state index contributed by atoms with van der Waals surface area (Å²) < 4.78 is 56.9. The van der Waals surface area contributed by atoms with E-state index in [1.54, 1.807) is 23.3 Å². The second-order valence-corrected chi connectivity index (χ2v) is 7.73. The lowest BCUT2D eigenvalue weighted by atomic mass is 9.93. The van der Waals surface area contributed by atoms with Crippen LogP contribution in [0, 0.1) is 5.92 Å². The Morgan fingerprint density at radius 2 is 1.97 bits per heavy atom. The molecule has 1 amide bonds. The Labute approximate surface area is 166 Å². The SMILES string of the molecule is CC1CC(C(=O)N2CCn3c(-c4nc(C(F)(F)F)ns4)nnc3[C@H]2C)=CC=C1F. The predicted molar refractivity (Wildman–Crippen MR) is 95.1 cm³/mol. The van der Waals surface area contributed by atoms with E-state index in [-0.39, 0.29) is 28.5 Å². The number of rotatable bonds is 2. The van der Waals surface area contributed by atoms with E-state index in [0.29, 0.717) is 42.4 Å². The van der Waals surface area contributed by atoms with Crippen LogP contribution in [-0.2, 0) is 17.5 Å². The first kappa shape index (κ1) is 19.7. The van der Waals surface area contributed by atoms with E-state index in [1.165, 1.54) is 12.2 Å². The first-order chi connectivity index (χ1) is 13.7. The molecule has 0 fully saturated rings. The molecule has 0 N–H and O–H groups in total. The fourth-order valence-corrected chi connectivity index (χ4v) is 4.11. The smallest absolute Gasteiger partial charge is 0.327 e. The van der Waals surface area contributed by atoms with Crippen molar-refractivity contribution < 1.29 is 22.4 Å². The van der Waals surface area contributed by atoms with E-state index in [2.05, 4.69) is 19.6 Å². The highest BCUT2D eigenvalue weighted by molar-refractivity contribution is 7.09. The molecule has 2 aromatic heterocycles. The third kappa shape index (κ3) is 3.45. The van der Waals surface area contributed by atoms with Crippen molar-refractivity contribution in [2.24, 2.45) is 5.92 Å². The molecule has 7 nitrogen and oxygen atoms in total. The first-order valence-corrected chi connectivity index (χ1v) is 9.65. The van der Waals surface area contributed by atoms with Gasteiger partial charge in [0.15, 0.2) is 16.7 Å². The Kier molecular flexibility index (Phi) is 4.75. The molecule has 2 atom stereocenters. The molecule has 0 aromatic carbocycles. The molecular formula is C17H16F4N6OS. The van der Waals surface area contributed by atoms with Gasteiger partial charge in [0, 0.05) is 24.6 Å². The Balaban J connectivity index is 1.59. The minimum absolute atomic E-state index is 0.0208. The number of hydrogen-bond acceptors (Lipinski definition) is 6. The van der Waals surface area contributed by atoms with Gasteiger partial charge < -0.3 is 9.47 Å². The van der Waals surface area contributed by atoms with Gasteiger partial charge in [0.2, 0.25) is 11.7 Å². The van der Waals surface area contributed by atoms with Crippen LogP contribution in [0.1, 0.15) is 38.0 Å². The monoisotopic (exact) mass is 428 g/mol. The molecule has 0 spiro atoms. The van der Waals surface area contributed by atoms with Crippen LogP contribution in [0.15, 0.2) is 23.6 Å². The Hall–Kier alpha value is -2.63. The van der Waals surface area contributed by atoms with Crippen LogP contribution in [0.25, 0.3) is 10.8 Å². The molecule has 2 aromatic rings. The van der Waals surface area contributed by atoms with E-state index in [1.807, 2.05) is 0 Å². The molecular weight excluding hydrogens is 412 g/mol. The van der Waals surface area contributed by atoms with Crippen molar-refractivity contribution >= 4 is 17.4 Å². The predicted octanol–water partition coefficient (Wildman–Crippen LogP) is 3.54.